The van der Waals surface area contributed by atoms with Gasteiger partial charge in [0, 0.05) is 37.4 Å². The van der Waals surface area contributed by atoms with Gasteiger partial charge in [-0.1, -0.05) is 0 Å². The maximum atomic E-state index is 12.4. The minimum absolute atomic E-state index is 0.168. The quantitative estimate of drug-likeness (QED) is 0.600. The molecule has 1 aromatic carbocycles. The molecule has 1 fully saturated rings. The molecule has 1 amide bonds. The van der Waals surface area contributed by atoms with Crippen molar-refractivity contribution in [3.05, 3.63) is 23.3 Å². The van der Waals surface area contributed by atoms with Crippen LogP contribution in [0.2, 0.25) is 0 Å². The molecule has 174 valence electrons. The zero-order valence-corrected chi connectivity index (χ0v) is 20.3. The summed E-state index contributed by atoms with van der Waals surface area (Å²) in [7, 11) is 4.82. The number of carbonyl (C=O) groups excluding carboxylic acids is 2. The van der Waals surface area contributed by atoms with Crippen molar-refractivity contribution in [3.8, 4) is 5.75 Å². The smallest absolute Gasteiger partial charge is 0.410 e. The van der Waals surface area contributed by atoms with Crippen LogP contribution in [0, 0.1) is 6.92 Å². The lowest BCUT2D eigenvalue weighted by Crippen LogP contribution is -2.46. The third-order valence-corrected chi connectivity index (χ3v) is 5.98. The van der Waals surface area contributed by atoms with Gasteiger partial charge in [-0.2, -0.15) is 0 Å². The number of nitrogens with zero attached hydrogens (tertiary/aromatic N) is 2. The summed E-state index contributed by atoms with van der Waals surface area (Å²) in [6, 6.07) is 4.21. The van der Waals surface area contributed by atoms with Gasteiger partial charge in [-0.3, -0.25) is 0 Å². The molecule has 0 N–H and O–H groups in total. The SMILES string of the molecule is CCN(c1cc(OC)cc(C(=O)OC)c1C)C1CCC(N(C)C(=O)OC(C)(C)C)CC1. The number of benzene rings is 1. The monoisotopic (exact) mass is 434 g/mol. The van der Waals surface area contributed by atoms with Crippen molar-refractivity contribution >= 4 is 17.7 Å². The van der Waals surface area contributed by atoms with Gasteiger partial charge in [0.15, 0.2) is 0 Å². The first-order chi connectivity index (χ1) is 14.5. The van der Waals surface area contributed by atoms with Crippen LogP contribution in [0.5, 0.6) is 5.75 Å². The second-order valence-electron chi connectivity index (χ2n) is 9.15. The molecule has 0 aromatic heterocycles. The number of hydrogen-bond acceptors (Lipinski definition) is 6. The Morgan fingerprint density at radius 2 is 1.65 bits per heavy atom. The van der Waals surface area contributed by atoms with Gasteiger partial charge in [0.05, 0.1) is 19.8 Å². The van der Waals surface area contributed by atoms with E-state index < -0.39 is 5.60 Å². The zero-order chi connectivity index (χ0) is 23.3. The number of ether oxygens (including phenoxy) is 3. The Kier molecular flexibility index (Phi) is 8.21. The summed E-state index contributed by atoms with van der Waals surface area (Å²) in [6.07, 6.45) is 3.45. The number of hydrogen-bond donors (Lipinski definition) is 0. The summed E-state index contributed by atoms with van der Waals surface area (Å²) in [5.41, 5.74) is 1.91. The van der Waals surface area contributed by atoms with Gasteiger partial charge < -0.3 is 24.0 Å². The van der Waals surface area contributed by atoms with E-state index in [9.17, 15) is 9.59 Å². The van der Waals surface area contributed by atoms with Crippen molar-refractivity contribution in [3.63, 3.8) is 0 Å². The molecule has 7 nitrogen and oxygen atoms in total. The minimum atomic E-state index is -0.497. The lowest BCUT2D eigenvalue weighted by molar-refractivity contribution is 0.0183. The van der Waals surface area contributed by atoms with Gasteiger partial charge in [0.25, 0.3) is 0 Å². The molecule has 1 aliphatic rings. The summed E-state index contributed by atoms with van der Waals surface area (Å²) in [5, 5.41) is 0. The Hall–Kier alpha value is -2.44. The van der Waals surface area contributed by atoms with Crippen LogP contribution >= 0.6 is 0 Å². The summed E-state index contributed by atoms with van der Waals surface area (Å²) < 4.78 is 15.9. The fourth-order valence-corrected chi connectivity index (χ4v) is 4.28. The Bertz CT molecular complexity index is 779. The first kappa shape index (κ1) is 24.8. The van der Waals surface area contributed by atoms with E-state index in [2.05, 4.69) is 11.8 Å². The Morgan fingerprint density at radius 1 is 1.06 bits per heavy atom. The molecule has 0 atom stereocenters. The van der Waals surface area contributed by atoms with Crippen LogP contribution in [0.1, 0.15) is 69.3 Å². The van der Waals surface area contributed by atoms with E-state index in [1.165, 1.54) is 7.11 Å². The molecule has 1 saturated carbocycles. The second-order valence-corrected chi connectivity index (χ2v) is 9.15. The lowest BCUT2D eigenvalue weighted by Gasteiger charge is -2.41. The maximum Gasteiger partial charge on any atom is 0.410 e. The normalized spacial score (nSPS) is 18.8. The van der Waals surface area contributed by atoms with Gasteiger partial charge in [-0.25, -0.2) is 9.59 Å². The summed E-state index contributed by atoms with van der Waals surface area (Å²) in [6.45, 7) is 10.5. The molecule has 0 aliphatic heterocycles. The summed E-state index contributed by atoms with van der Waals surface area (Å²) in [5.74, 6) is 0.272. The Morgan fingerprint density at radius 3 is 2.13 bits per heavy atom. The number of amides is 1. The van der Waals surface area contributed by atoms with Gasteiger partial charge in [-0.05, 0) is 71.9 Å². The maximum absolute atomic E-state index is 12.4. The molecule has 2 rings (SSSR count). The van der Waals surface area contributed by atoms with Crippen molar-refractivity contribution in [2.24, 2.45) is 0 Å². The Balaban J connectivity index is 2.17. The van der Waals surface area contributed by atoms with Crippen LogP contribution in [0.15, 0.2) is 12.1 Å². The van der Waals surface area contributed by atoms with Crippen LogP contribution in [-0.2, 0) is 9.47 Å². The second kappa shape index (κ2) is 10.2. The number of anilines is 1. The molecular weight excluding hydrogens is 396 g/mol. The molecule has 31 heavy (non-hydrogen) atoms. The van der Waals surface area contributed by atoms with Crippen LogP contribution < -0.4 is 9.64 Å². The molecule has 0 saturated heterocycles. The van der Waals surface area contributed by atoms with Gasteiger partial charge in [0.2, 0.25) is 0 Å². The third-order valence-electron chi connectivity index (χ3n) is 5.98. The highest BCUT2D eigenvalue weighted by molar-refractivity contribution is 5.93. The van der Waals surface area contributed by atoms with Crippen LogP contribution in [0.3, 0.4) is 0 Å². The van der Waals surface area contributed by atoms with Gasteiger partial charge >= 0.3 is 12.1 Å². The van der Waals surface area contributed by atoms with Crippen molar-refractivity contribution in [1.82, 2.24) is 4.90 Å². The van der Waals surface area contributed by atoms with Crippen LogP contribution in [0.4, 0.5) is 10.5 Å². The highest BCUT2D eigenvalue weighted by atomic mass is 16.6. The largest absolute Gasteiger partial charge is 0.497 e. The first-order valence-electron chi connectivity index (χ1n) is 11.0. The van der Waals surface area contributed by atoms with E-state index in [0.717, 1.165) is 43.5 Å². The van der Waals surface area contributed by atoms with E-state index in [1.807, 2.05) is 40.8 Å². The van der Waals surface area contributed by atoms with Crippen LogP contribution in [0.25, 0.3) is 0 Å². The molecule has 1 aromatic rings. The van der Waals surface area contributed by atoms with Crippen LogP contribution in [-0.4, -0.2) is 62.5 Å². The number of carbonyl (C=O) groups is 2. The van der Waals surface area contributed by atoms with Crippen molar-refractivity contribution < 1.29 is 23.8 Å². The minimum Gasteiger partial charge on any atom is -0.497 e. The predicted octanol–water partition coefficient (Wildman–Crippen LogP) is 4.79. The number of rotatable bonds is 6. The molecule has 0 heterocycles. The average molecular weight is 435 g/mol. The van der Waals surface area contributed by atoms with E-state index in [4.69, 9.17) is 14.2 Å². The summed E-state index contributed by atoms with van der Waals surface area (Å²) in [4.78, 5) is 28.8. The zero-order valence-electron chi connectivity index (χ0n) is 20.3. The lowest BCUT2D eigenvalue weighted by atomic mass is 9.88. The molecular formula is C24H38N2O5. The molecule has 1 aliphatic carbocycles. The fourth-order valence-electron chi connectivity index (χ4n) is 4.28. The van der Waals surface area contributed by atoms with Crippen molar-refractivity contribution in [2.45, 2.75) is 78.0 Å². The van der Waals surface area contributed by atoms with E-state index in [1.54, 1.807) is 18.1 Å². The van der Waals surface area contributed by atoms with Crippen molar-refractivity contribution in [1.29, 1.82) is 0 Å². The van der Waals surface area contributed by atoms with Crippen molar-refractivity contribution in [2.75, 3.05) is 32.7 Å². The predicted molar refractivity (Wildman–Crippen MR) is 122 cm³/mol. The molecule has 0 radical (unpaired) electrons. The standard InChI is InChI=1S/C24H38N2O5/c1-9-26(21-15-19(29-7)14-20(16(21)2)22(27)30-8)18-12-10-17(11-13-18)25(6)23(28)31-24(3,4)5/h14-15,17-18H,9-13H2,1-8H3. The van der Waals surface area contributed by atoms with Gasteiger partial charge in [-0.15, -0.1) is 0 Å². The first-order valence-corrected chi connectivity index (χ1v) is 11.0. The highest BCUT2D eigenvalue weighted by Gasteiger charge is 2.32. The molecule has 0 unspecified atom stereocenters. The topological polar surface area (TPSA) is 68.3 Å². The average Bonchev–Trinajstić information content (AvgIpc) is 2.73. The number of methoxy groups -OCH3 is 2. The molecule has 0 bridgehead atoms. The highest BCUT2D eigenvalue weighted by Crippen LogP contribution is 2.35. The number of esters is 1. The molecule has 7 heteroatoms. The summed E-state index contributed by atoms with van der Waals surface area (Å²) >= 11 is 0. The fraction of sp³-hybridized carbons (Fsp3) is 0.667. The third kappa shape index (κ3) is 6.05. The van der Waals surface area contributed by atoms with E-state index >= 15 is 0 Å². The Labute approximate surface area is 186 Å². The molecule has 0 spiro atoms. The van der Waals surface area contributed by atoms with E-state index in [0.29, 0.717) is 17.4 Å². The van der Waals surface area contributed by atoms with Gasteiger partial charge in [0.1, 0.15) is 11.4 Å². The van der Waals surface area contributed by atoms with E-state index in [-0.39, 0.29) is 18.1 Å².